The highest BCUT2D eigenvalue weighted by Gasteiger charge is 2.25. The van der Waals surface area contributed by atoms with E-state index in [4.69, 9.17) is 9.05 Å². The van der Waals surface area contributed by atoms with E-state index < -0.39 is 7.60 Å². The van der Waals surface area contributed by atoms with Crippen molar-refractivity contribution in [2.75, 3.05) is 37.4 Å². The summed E-state index contributed by atoms with van der Waals surface area (Å²) < 4.78 is 23.2. The Morgan fingerprint density at radius 3 is 2.60 bits per heavy atom. The number of benzene rings is 1. The van der Waals surface area contributed by atoms with Gasteiger partial charge < -0.3 is 13.9 Å². The lowest BCUT2D eigenvalue weighted by Crippen LogP contribution is -2.32. The van der Waals surface area contributed by atoms with Gasteiger partial charge in [-0.15, -0.1) is 0 Å². The van der Waals surface area contributed by atoms with Gasteiger partial charge >= 0.3 is 7.60 Å². The fourth-order valence-electron chi connectivity index (χ4n) is 2.65. The lowest BCUT2D eigenvalue weighted by atomic mass is 10.0. The summed E-state index contributed by atoms with van der Waals surface area (Å²) in [5, 5.41) is 0. The number of hydrogen-bond acceptors (Lipinski definition) is 4. The first-order valence-electron chi connectivity index (χ1n) is 7.39. The molecule has 0 amide bonds. The number of rotatable bonds is 7. The van der Waals surface area contributed by atoms with Gasteiger partial charge in [0.15, 0.2) is 0 Å². The summed E-state index contributed by atoms with van der Waals surface area (Å²) in [6.07, 6.45) is 2.72. The number of para-hydroxylation sites is 1. The Labute approximate surface area is 121 Å². The van der Waals surface area contributed by atoms with Crippen LogP contribution in [0.1, 0.15) is 25.8 Å². The molecule has 0 spiro atoms. The second-order valence-corrected chi connectivity index (χ2v) is 7.07. The second-order valence-electron chi connectivity index (χ2n) is 4.89. The van der Waals surface area contributed by atoms with Crippen LogP contribution in [0.3, 0.4) is 0 Å². The fourth-order valence-corrected chi connectivity index (χ4v) is 4.25. The van der Waals surface area contributed by atoms with E-state index in [1.807, 2.05) is 13.8 Å². The van der Waals surface area contributed by atoms with Crippen LogP contribution in [-0.4, -0.2) is 32.5 Å². The Morgan fingerprint density at radius 1 is 1.20 bits per heavy atom. The molecule has 0 atom stereocenters. The molecule has 4 nitrogen and oxygen atoms in total. The molecular formula is C15H24NO3P. The monoisotopic (exact) mass is 297 g/mol. The van der Waals surface area contributed by atoms with E-state index in [9.17, 15) is 4.57 Å². The van der Waals surface area contributed by atoms with Crippen molar-refractivity contribution in [3.8, 4) is 0 Å². The molecule has 0 fully saturated rings. The Hall–Kier alpha value is -0.830. The van der Waals surface area contributed by atoms with Gasteiger partial charge in [-0.2, -0.15) is 0 Å². The second kappa shape index (κ2) is 7.26. The normalized spacial score (nSPS) is 15.2. The average molecular weight is 297 g/mol. The van der Waals surface area contributed by atoms with Crippen LogP contribution in [-0.2, 0) is 20.0 Å². The lowest BCUT2D eigenvalue weighted by Gasteiger charge is -2.32. The Bertz CT molecular complexity index is 468. The van der Waals surface area contributed by atoms with Gasteiger partial charge in [-0.3, -0.25) is 4.57 Å². The van der Waals surface area contributed by atoms with Gasteiger partial charge in [0.2, 0.25) is 0 Å². The molecule has 0 aromatic heterocycles. The average Bonchev–Trinajstić information content (AvgIpc) is 2.46. The fraction of sp³-hybridized carbons (Fsp3) is 0.600. The van der Waals surface area contributed by atoms with Crippen molar-refractivity contribution in [1.29, 1.82) is 0 Å². The van der Waals surface area contributed by atoms with Crippen LogP contribution in [0.5, 0.6) is 0 Å². The molecule has 20 heavy (non-hydrogen) atoms. The topological polar surface area (TPSA) is 38.8 Å². The first kappa shape index (κ1) is 15.6. The summed E-state index contributed by atoms with van der Waals surface area (Å²) in [7, 11) is -2.94. The molecule has 0 saturated carbocycles. The van der Waals surface area contributed by atoms with Gasteiger partial charge in [0.25, 0.3) is 0 Å². The van der Waals surface area contributed by atoms with Crippen LogP contribution in [0, 0.1) is 0 Å². The van der Waals surface area contributed by atoms with Crippen LogP contribution in [0.25, 0.3) is 0 Å². The molecule has 112 valence electrons. The number of hydrogen-bond donors (Lipinski definition) is 0. The summed E-state index contributed by atoms with van der Waals surface area (Å²) in [4.78, 5) is 2.30. The number of anilines is 1. The van der Waals surface area contributed by atoms with Gasteiger partial charge in [-0.05, 0) is 38.3 Å². The Kier molecular flexibility index (Phi) is 5.64. The van der Waals surface area contributed by atoms with Gasteiger partial charge in [0.05, 0.1) is 19.4 Å². The quantitative estimate of drug-likeness (QED) is 0.719. The predicted molar refractivity (Wildman–Crippen MR) is 82.7 cm³/mol. The summed E-state index contributed by atoms with van der Waals surface area (Å²) in [5.41, 5.74) is 2.64. The van der Waals surface area contributed by atoms with E-state index in [0.717, 1.165) is 19.4 Å². The summed E-state index contributed by atoms with van der Waals surface area (Å²) in [6, 6.07) is 8.45. The molecular weight excluding hydrogens is 273 g/mol. The molecule has 1 aromatic rings. The van der Waals surface area contributed by atoms with Gasteiger partial charge in [0.1, 0.15) is 0 Å². The molecule has 0 radical (unpaired) electrons. The standard InChI is InChI=1S/C15H24NO3P/c1-3-18-20(17,19-4-2)13-12-16-11-7-9-14-8-5-6-10-15(14)16/h5-6,8,10H,3-4,7,9,11-13H2,1-2H3. The molecule has 0 bridgehead atoms. The molecule has 1 aromatic carbocycles. The molecule has 1 aliphatic rings. The SMILES string of the molecule is CCOP(=O)(CCN1CCCc2ccccc21)OCC. The first-order chi connectivity index (χ1) is 9.68. The zero-order valence-electron chi connectivity index (χ0n) is 12.4. The van der Waals surface area contributed by atoms with Crippen molar-refractivity contribution in [3.63, 3.8) is 0 Å². The molecule has 2 rings (SSSR count). The van der Waals surface area contributed by atoms with Gasteiger partial charge in [-0.25, -0.2) is 0 Å². The lowest BCUT2D eigenvalue weighted by molar-refractivity contribution is 0.220. The first-order valence-corrected chi connectivity index (χ1v) is 9.12. The van der Waals surface area contributed by atoms with Crippen LogP contribution < -0.4 is 4.90 Å². The Balaban J connectivity index is 2.02. The summed E-state index contributed by atoms with van der Waals surface area (Å²) >= 11 is 0. The number of fused-ring (bicyclic) bond motifs is 1. The van der Waals surface area contributed by atoms with Crippen molar-refractivity contribution >= 4 is 13.3 Å². The molecule has 1 aliphatic heterocycles. The molecule has 0 saturated heterocycles. The summed E-state index contributed by atoms with van der Waals surface area (Å²) in [6.45, 7) is 6.27. The van der Waals surface area contributed by atoms with Crippen molar-refractivity contribution in [2.45, 2.75) is 26.7 Å². The van der Waals surface area contributed by atoms with E-state index in [1.165, 1.54) is 11.3 Å². The summed E-state index contributed by atoms with van der Waals surface area (Å²) in [5.74, 6) is 0. The van der Waals surface area contributed by atoms with E-state index in [2.05, 4.69) is 29.2 Å². The van der Waals surface area contributed by atoms with Crippen LogP contribution >= 0.6 is 7.60 Å². The van der Waals surface area contributed by atoms with Gasteiger partial charge in [0, 0.05) is 18.8 Å². The third-order valence-electron chi connectivity index (χ3n) is 3.50. The third-order valence-corrected chi connectivity index (χ3v) is 5.55. The minimum atomic E-state index is -2.94. The Morgan fingerprint density at radius 2 is 1.90 bits per heavy atom. The smallest absolute Gasteiger partial charge is 0.332 e. The van der Waals surface area contributed by atoms with E-state index in [0.29, 0.717) is 25.9 Å². The predicted octanol–water partition coefficient (Wildman–Crippen LogP) is 3.71. The minimum absolute atomic E-state index is 0.424. The minimum Gasteiger partial charge on any atom is -0.371 e. The maximum atomic E-state index is 12.5. The van der Waals surface area contributed by atoms with Crippen LogP contribution in [0.15, 0.2) is 24.3 Å². The maximum Gasteiger partial charge on any atom is 0.332 e. The number of nitrogens with zero attached hydrogens (tertiary/aromatic N) is 1. The largest absolute Gasteiger partial charge is 0.371 e. The molecule has 0 N–H and O–H groups in total. The van der Waals surface area contributed by atoms with Crippen molar-refractivity contribution < 1.29 is 13.6 Å². The van der Waals surface area contributed by atoms with Crippen LogP contribution in [0.4, 0.5) is 5.69 Å². The molecule has 0 unspecified atom stereocenters. The van der Waals surface area contributed by atoms with E-state index in [-0.39, 0.29) is 0 Å². The molecule has 5 heteroatoms. The van der Waals surface area contributed by atoms with Crippen molar-refractivity contribution in [2.24, 2.45) is 0 Å². The van der Waals surface area contributed by atoms with E-state index in [1.54, 1.807) is 0 Å². The maximum absolute atomic E-state index is 12.5. The molecule has 0 aliphatic carbocycles. The van der Waals surface area contributed by atoms with Crippen LogP contribution in [0.2, 0.25) is 0 Å². The van der Waals surface area contributed by atoms with Crippen molar-refractivity contribution in [1.82, 2.24) is 0 Å². The van der Waals surface area contributed by atoms with E-state index >= 15 is 0 Å². The van der Waals surface area contributed by atoms with Gasteiger partial charge in [-0.1, -0.05) is 18.2 Å². The highest BCUT2D eigenvalue weighted by molar-refractivity contribution is 7.53. The zero-order chi connectivity index (χ0) is 14.4. The zero-order valence-corrected chi connectivity index (χ0v) is 13.3. The molecule has 1 heterocycles. The third kappa shape index (κ3) is 3.85. The highest BCUT2D eigenvalue weighted by atomic mass is 31.2. The highest BCUT2D eigenvalue weighted by Crippen LogP contribution is 2.48. The van der Waals surface area contributed by atoms with Crippen molar-refractivity contribution in [3.05, 3.63) is 29.8 Å². The number of aryl methyl sites for hydroxylation is 1.